The van der Waals surface area contributed by atoms with E-state index in [1.165, 1.54) is 0 Å². The van der Waals surface area contributed by atoms with E-state index in [2.05, 4.69) is 0 Å². The molecule has 4 heteroatoms. The molecule has 2 unspecified atom stereocenters. The molecule has 0 aromatic rings. The van der Waals surface area contributed by atoms with Gasteiger partial charge in [-0.3, -0.25) is 0 Å². The zero-order valence-corrected chi connectivity index (χ0v) is 8.20. The van der Waals surface area contributed by atoms with E-state index in [4.69, 9.17) is 9.84 Å². The van der Waals surface area contributed by atoms with Crippen LogP contribution in [0.15, 0.2) is 0 Å². The number of carboxylic acid groups (broad SMARTS) is 1. The van der Waals surface area contributed by atoms with Crippen LogP contribution in [-0.2, 0) is 9.53 Å². The molecule has 0 aromatic carbocycles. The zero-order valence-electron chi connectivity index (χ0n) is 8.20. The van der Waals surface area contributed by atoms with Gasteiger partial charge in [-0.1, -0.05) is 20.8 Å². The van der Waals surface area contributed by atoms with Gasteiger partial charge in [-0.05, 0) is 0 Å². The summed E-state index contributed by atoms with van der Waals surface area (Å²) in [6, 6.07) is 0. The van der Waals surface area contributed by atoms with E-state index in [-0.39, 0.29) is 12.5 Å². The number of aliphatic carboxylic acids is 1. The molecule has 2 atom stereocenters. The summed E-state index contributed by atoms with van der Waals surface area (Å²) in [5.74, 6) is -1.54. The van der Waals surface area contributed by atoms with Crippen molar-refractivity contribution >= 4 is 5.97 Å². The topological polar surface area (TPSA) is 66.8 Å². The molecule has 0 radical (unpaired) electrons. The molecule has 1 rings (SSSR count). The van der Waals surface area contributed by atoms with E-state index in [9.17, 15) is 9.90 Å². The molecule has 1 aliphatic rings. The normalized spacial score (nSPS) is 38.6. The number of ether oxygens (including phenoxy) is 1. The van der Waals surface area contributed by atoms with Crippen molar-refractivity contribution in [2.24, 2.45) is 11.3 Å². The molecule has 2 N–H and O–H groups in total. The van der Waals surface area contributed by atoms with Crippen LogP contribution in [0.1, 0.15) is 20.8 Å². The lowest BCUT2D eigenvalue weighted by Gasteiger charge is -2.46. The number of hydrogen-bond donors (Lipinski definition) is 2. The quantitative estimate of drug-likeness (QED) is 0.628. The van der Waals surface area contributed by atoms with E-state index in [0.717, 1.165) is 0 Å². The van der Waals surface area contributed by atoms with Crippen LogP contribution >= 0.6 is 0 Å². The maximum atomic E-state index is 11.0. The Morgan fingerprint density at radius 1 is 1.54 bits per heavy atom. The van der Waals surface area contributed by atoms with Crippen molar-refractivity contribution in [1.82, 2.24) is 0 Å². The lowest BCUT2D eigenvalue weighted by Crippen LogP contribution is -2.61. The fraction of sp³-hybridized carbons (Fsp3) is 0.889. The molecule has 0 aromatic heterocycles. The first-order valence-corrected chi connectivity index (χ1v) is 4.36. The van der Waals surface area contributed by atoms with Gasteiger partial charge in [0.15, 0.2) is 5.60 Å². The van der Waals surface area contributed by atoms with Gasteiger partial charge in [0.1, 0.15) is 0 Å². The Morgan fingerprint density at radius 3 is 2.38 bits per heavy atom. The maximum Gasteiger partial charge on any atom is 0.336 e. The fourth-order valence-corrected chi connectivity index (χ4v) is 1.89. The first-order valence-electron chi connectivity index (χ1n) is 4.36. The van der Waals surface area contributed by atoms with Crippen LogP contribution in [0, 0.1) is 11.3 Å². The minimum absolute atomic E-state index is 0.278. The summed E-state index contributed by atoms with van der Waals surface area (Å²) in [4.78, 5) is 11.0. The van der Waals surface area contributed by atoms with Crippen molar-refractivity contribution in [3.05, 3.63) is 0 Å². The molecule has 1 heterocycles. The monoisotopic (exact) mass is 188 g/mol. The highest BCUT2D eigenvalue weighted by Crippen LogP contribution is 2.41. The second-order valence-corrected chi connectivity index (χ2v) is 4.37. The number of aliphatic hydroxyl groups is 1. The van der Waals surface area contributed by atoms with E-state index < -0.39 is 17.0 Å². The van der Waals surface area contributed by atoms with Crippen molar-refractivity contribution in [2.45, 2.75) is 26.4 Å². The van der Waals surface area contributed by atoms with Gasteiger partial charge < -0.3 is 14.9 Å². The molecule has 0 bridgehead atoms. The molecule has 0 saturated carbocycles. The molecule has 0 spiro atoms. The van der Waals surface area contributed by atoms with Crippen molar-refractivity contribution in [1.29, 1.82) is 0 Å². The van der Waals surface area contributed by atoms with Crippen LogP contribution in [0.25, 0.3) is 0 Å². The second-order valence-electron chi connectivity index (χ2n) is 4.37. The molecule has 1 fully saturated rings. The molecule has 13 heavy (non-hydrogen) atoms. The lowest BCUT2D eigenvalue weighted by atomic mass is 9.67. The fourth-order valence-electron chi connectivity index (χ4n) is 1.89. The van der Waals surface area contributed by atoms with Crippen molar-refractivity contribution < 1.29 is 19.7 Å². The second kappa shape index (κ2) is 2.96. The third-order valence-electron chi connectivity index (χ3n) is 2.90. The van der Waals surface area contributed by atoms with Crippen LogP contribution in [0.2, 0.25) is 0 Å². The van der Waals surface area contributed by atoms with Gasteiger partial charge in [-0.15, -0.1) is 0 Å². The van der Waals surface area contributed by atoms with Crippen LogP contribution in [0.4, 0.5) is 0 Å². The van der Waals surface area contributed by atoms with Crippen molar-refractivity contribution in [2.75, 3.05) is 13.2 Å². The van der Waals surface area contributed by atoms with Gasteiger partial charge in [0.2, 0.25) is 0 Å². The van der Waals surface area contributed by atoms with Gasteiger partial charge >= 0.3 is 5.97 Å². The van der Waals surface area contributed by atoms with Gasteiger partial charge in [0.05, 0.1) is 13.2 Å². The Labute approximate surface area is 77.5 Å². The van der Waals surface area contributed by atoms with Crippen LogP contribution in [-0.4, -0.2) is 35.0 Å². The summed E-state index contributed by atoms with van der Waals surface area (Å²) in [5, 5.41) is 19.1. The summed E-state index contributed by atoms with van der Waals surface area (Å²) < 4.78 is 5.22. The average Bonchev–Trinajstić information content (AvgIpc) is 1.99. The average molecular weight is 188 g/mol. The molecular formula is C9H16O4. The molecule has 4 nitrogen and oxygen atoms in total. The highest BCUT2D eigenvalue weighted by Gasteiger charge is 2.56. The van der Waals surface area contributed by atoms with Gasteiger partial charge in [0.25, 0.3) is 0 Å². The Hall–Kier alpha value is -0.610. The number of carboxylic acids is 1. The van der Waals surface area contributed by atoms with Crippen molar-refractivity contribution in [3.8, 4) is 0 Å². The van der Waals surface area contributed by atoms with E-state index in [0.29, 0.717) is 6.61 Å². The molecule has 0 amide bonds. The van der Waals surface area contributed by atoms with Gasteiger partial charge in [-0.25, -0.2) is 4.79 Å². The molecule has 1 saturated heterocycles. The smallest absolute Gasteiger partial charge is 0.336 e. The van der Waals surface area contributed by atoms with Crippen LogP contribution in [0.3, 0.4) is 0 Å². The Balaban J connectivity index is 3.05. The molecule has 0 aliphatic carbocycles. The Bertz CT molecular complexity index is 224. The predicted octanol–water partition coefficient (Wildman–Crippen LogP) is 0.495. The summed E-state index contributed by atoms with van der Waals surface area (Å²) in [5.41, 5.74) is -2.41. The van der Waals surface area contributed by atoms with Crippen molar-refractivity contribution in [3.63, 3.8) is 0 Å². The van der Waals surface area contributed by atoms with E-state index in [1.54, 1.807) is 20.8 Å². The highest BCUT2D eigenvalue weighted by molar-refractivity contribution is 5.79. The molecule has 76 valence electrons. The predicted molar refractivity (Wildman–Crippen MR) is 46.3 cm³/mol. The molecular weight excluding hydrogens is 172 g/mol. The summed E-state index contributed by atoms with van der Waals surface area (Å²) in [7, 11) is 0. The van der Waals surface area contributed by atoms with Crippen LogP contribution < -0.4 is 0 Å². The third-order valence-corrected chi connectivity index (χ3v) is 2.90. The number of carbonyl (C=O) groups is 1. The van der Waals surface area contributed by atoms with E-state index in [1.807, 2.05) is 0 Å². The minimum atomic E-state index is -1.68. The zero-order chi connectivity index (χ0) is 10.3. The Morgan fingerprint density at radius 2 is 2.08 bits per heavy atom. The maximum absolute atomic E-state index is 11.0. The summed E-state index contributed by atoms with van der Waals surface area (Å²) in [6.45, 7) is 5.68. The standard InChI is InChI=1S/C9H16O4/c1-6-4-13-5-8(2,3)9(6,12)7(10)11/h6,12H,4-5H2,1-3H3,(H,10,11). The largest absolute Gasteiger partial charge is 0.479 e. The lowest BCUT2D eigenvalue weighted by molar-refractivity contribution is -0.212. The van der Waals surface area contributed by atoms with Gasteiger partial charge in [0, 0.05) is 11.3 Å². The molecule has 1 aliphatic heterocycles. The highest BCUT2D eigenvalue weighted by atomic mass is 16.5. The summed E-state index contributed by atoms with van der Waals surface area (Å²) in [6.07, 6.45) is 0. The first kappa shape index (κ1) is 10.5. The van der Waals surface area contributed by atoms with E-state index >= 15 is 0 Å². The SMILES string of the molecule is CC1COCC(C)(C)C1(O)C(=O)O. The Kier molecular flexibility index (Phi) is 2.38. The van der Waals surface area contributed by atoms with Gasteiger partial charge in [-0.2, -0.15) is 0 Å². The third kappa shape index (κ3) is 1.34. The minimum Gasteiger partial charge on any atom is -0.479 e. The first-order chi connectivity index (χ1) is 5.82. The van der Waals surface area contributed by atoms with Crippen LogP contribution in [0.5, 0.6) is 0 Å². The summed E-state index contributed by atoms with van der Waals surface area (Å²) >= 11 is 0. The number of rotatable bonds is 1. The number of hydrogen-bond acceptors (Lipinski definition) is 3.